The number of hydrogen-bond donors (Lipinski definition) is 2. The van der Waals surface area contributed by atoms with Crippen LogP contribution in [0, 0.1) is 0 Å². The van der Waals surface area contributed by atoms with Gasteiger partial charge in [0.2, 0.25) is 5.16 Å². The highest BCUT2D eigenvalue weighted by Gasteiger charge is 2.09. The van der Waals surface area contributed by atoms with Crippen LogP contribution in [-0.4, -0.2) is 27.7 Å². The molecule has 3 rings (SSSR count). The van der Waals surface area contributed by atoms with Crippen LogP contribution >= 0.6 is 27.7 Å². The molecule has 2 aromatic carbocycles. The van der Waals surface area contributed by atoms with Gasteiger partial charge in [-0.05, 0) is 54.4 Å². The summed E-state index contributed by atoms with van der Waals surface area (Å²) >= 11 is 4.97. The molecule has 0 atom stereocenters. The van der Waals surface area contributed by atoms with Gasteiger partial charge >= 0.3 is 0 Å². The van der Waals surface area contributed by atoms with Gasteiger partial charge in [-0.3, -0.25) is 0 Å². The van der Waals surface area contributed by atoms with Crippen molar-refractivity contribution in [1.29, 1.82) is 0 Å². The molecular weight excluding hydrogens is 428 g/mol. The molecule has 3 N–H and O–H groups in total. The van der Waals surface area contributed by atoms with Gasteiger partial charge < -0.3 is 10.6 Å². The summed E-state index contributed by atoms with van der Waals surface area (Å²) < 4.78 is 7.84. The average Bonchev–Trinajstić information content (AvgIpc) is 3.02. The van der Waals surface area contributed by atoms with E-state index in [9.17, 15) is 0 Å². The number of nitrogen functional groups attached to an aromatic ring is 1. The number of halogens is 1. The van der Waals surface area contributed by atoms with Gasteiger partial charge in [-0.2, -0.15) is 5.10 Å². The van der Waals surface area contributed by atoms with Gasteiger partial charge in [-0.25, -0.2) is 10.1 Å². The van der Waals surface area contributed by atoms with E-state index >= 15 is 0 Å². The third-order valence-electron chi connectivity index (χ3n) is 3.49. The molecule has 0 bridgehead atoms. The minimum Gasteiger partial charge on any atom is -0.494 e. The number of hydrazone groups is 1. The number of rotatable bonds is 8. The van der Waals surface area contributed by atoms with Crippen molar-refractivity contribution in [3.63, 3.8) is 0 Å². The highest BCUT2D eigenvalue weighted by molar-refractivity contribution is 9.10. The van der Waals surface area contributed by atoms with Crippen LogP contribution in [0.5, 0.6) is 5.75 Å². The topological polar surface area (TPSA) is 90.3 Å². The molecule has 0 fully saturated rings. The average molecular weight is 447 g/mol. The van der Waals surface area contributed by atoms with E-state index in [0.29, 0.717) is 17.7 Å². The van der Waals surface area contributed by atoms with Gasteiger partial charge in [0.1, 0.15) is 5.75 Å². The summed E-state index contributed by atoms with van der Waals surface area (Å²) in [4.78, 5) is 0. The molecule has 140 valence electrons. The normalized spacial score (nSPS) is 11.0. The van der Waals surface area contributed by atoms with E-state index in [4.69, 9.17) is 10.6 Å². The van der Waals surface area contributed by atoms with E-state index in [2.05, 4.69) is 48.8 Å². The van der Waals surface area contributed by atoms with Crippen molar-refractivity contribution in [1.82, 2.24) is 14.9 Å². The van der Waals surface area contributed by atoms with E-state index in [-0.39, 0.29) is 0 Å². The molecular formula is C18H19BrN6OS. The number of anilines is 1. The molecule has 7 nitrogen and oxygen atoms in total. The Labute approximate surface area is 170 Å². The molecule has 0 amide bonds. The van der Waals surface area contributed by atoms with Crippen molar-refractivity contribution in [2.45, 2.75) is 17.8 Å². The first kappa shape index (κ1) is 19.2. The Kier molecular flexibility index (Phi) is 6.72. The van der Waals surface area contributed by atoms with Crippen LogP contribution in [-0.2, 0) is 5.75 Å². The Morgan fingerprint density at radius 2 is 2.07 bits per heavy atom. The van der Waals surface area contributed by atoms with Crippen LogP contribution in [0.2, 0.25) is 0 Å². The summed E-state index contributed by atoms with van der Waals surface area (Å²) in [7, 11) is 0. The second-order valence-corrected chi connectivity index (χ2v) is 7.33. The number of nitrogens with two attached hydrogens (primary N) is 1. The van der Waals surface area contributed by atoms with E-state index in [1.165, 1.54) is 22.0 Å². The maximum Gasteiger partial charge on any atom is 0.264 e. The summed E-state index contributed by atoms with van der Waals surface area (Å²) in [5.74, 6) is 7.98. The minimum absolute atomic E-state index is 0.369. The zero-order valence-corrected chi connectivity index (χ0v) is 17.1. The van der Waals surface area contributed by atoms with Crippen molar-refractivity contribution in [2.75, 3.05) is 17.9 Å². The summed E-state index contributed by atoms with van der Waals surface area (Å²) in [5.41, 5.74) is 4.91. The van der Waals surface area contributed by atoms with E-state index in [1.54, 1.807) is 6.21 Å². The summed E-state index contributed by atoms with van der Waals surface area (Å²) in [5, 5.41) is 12.9. The zero-order valence-electron chi connectivity index (χ0n) is 14.7. The van der Waals surface area contributed by atoms with Crippen molar-refractivity contribution in [3.8, 4) is 5.75 Å². The number of ether oxygens (including phenoxy) is 1. The maximum absolute atomic E-state index is 6.04. The van der Waals surface area contributed by atoms with Gasteiger partial charge in [0.15, 0.2) is 0 Å². The Hall–Kier alpha value is -2.52. The Bertz CT molecular complexity index is 912. The standard InChI is InChI=1S/C18H19BrN6OS/c1-2-26-16-8-6-13(7-9-16)11-21-22-17-23-24-18(25(17)20)27-12-14-4-3-5-15(19)10-14/h3-11H,2,12,20H2,1H3,(H,22,23)/b21-11+. The minimum atomic E-state index is 0.369. The molecule has 0 aliphatic rings. The van der Waals surface area contributed by atoms with Gasteiger partial charge in [0.25, 0.3) is 5.95 Å². The first-order chi connectivity index (χ1) is 13.2. The van der Waals surface area contributed by atoms with Gasteiger partial charge in [0, 0.05) is 10.2 Å². The van der Waals surface area contributed by atoms with E-state index in [1.807, 2.05) is 43.3 Å². The number of nitrogens with one attached hydrogen (secondary N) is 1. The van der Waals surface area contributed by atoms with Crippen LogP contribution in [0.3, 0.4) is 0 Å². The van der Waals surface area contributed by atoms with E-state index < -0.39 is 0 Å². The lowest BCUT2D eigenvalue weighted by atomic mass is 10.2. The fourth-order valence-corrected chi connectivity index (χ4v) is 3.45. The van der Waals surface area contributed by atoms with Crippen LogP contribution < -0.4 is 16.0 Å². The predicted molar refractivity (Wildman–Crippen MR) is 113 cm³/mol. The SMILES string of the molecule is CCOc1ccc(/C=N/Nc2nnc(SCc3cccc(Br)c3)n2N)cc1. The summed E-state index contributed by atoms with van der Waals surface area (Å²) in [6.07, 6.45) is 1.68. The highest BCUT2D eigenvalue weighted by Crippen LogP contribution is 2.23. The second-order valence-electron chi connectivity index (χ2n) is 5.47. The molecule has 0 radical (unpaired) electrons. The summed E-state index contributed by atoms with van der Waals surface area (Å²) in [6, 6.07) is 15.7. The summed E-state index contributed by atoms with van der Waals surface area (Å²) in [6.45, 7) is 2.59. The first-order valence-electron chi connectivity index (χ1n) is 8.25. The van der Waals surface area contributed by atoms with Crippen LogP contribution in [0.15, 0.2) is 63.3 Å². The Balaban J connectivity index is 1.56. The molecule has 1 heterocycles. The largest absolute Gasteiger partial charge is 0.494 e. The van der Waals surface area contributed by atoms with Gasteiger partial charge in [-0.15, -0.1) is 10.2 Å². The molecule has 0 spiro atoms. The van der Waals surface area contributed by atoms with E-state index in [0.717, 1.165) is 21.5 Å². The number of benzene rings is 2. The zero-order chi connectivity index (χ0) is 19.1. The lowest BCUT2D eigenvalue weighted by Gasteiger charge is -2.04. The van der Waals surface area contributed by atoms with Crippen molar-refractivity contribution in [2.24, 2.45) is 5.10 Å². The Morgan fingerprint density at radius 3 is 2.81 bits per heavy atom. The van der Waals surface area contributed by atoms with Crippen LogP contribution in [0.1, 0.15) is 18.1 Å². The number of aromatic nitrogens is 3. The first-order valence-corrected chi connectivity index (χ1v) is 10.0. The lowest BCUT2D eigenvalue weighted by molar-refractivity contribution is 0.340. The second kappa shape index (κ2) is 9.43. The number of thioether (sulfide) groups is 1. The third kappa shape index (κ3) is 5.48. The quantitative estimate of drug-likeness (QED) is 0.236. The fourth-order valence-electron chi connectivity index (χ4n) is 2.21. The van der Waals surface area contributed by atoms with Crippen LogP contribution in [0.25, 0.3) is 0 Å². The number of hydrogen-bond acceptors (Lipinski definition) is 7. The predicted octanol–water partition coefficient (Wildman–Crippen LogP) is 3.89. The third-order valence-corrected chi connectivity index (χ3v) is 5.00. The maximum atomic E-state index is 6.04. The molecule has 3 aromatic rings. The molecule has 0 aliphatic heterocycles. The molecule has 0 saturated heterocycles. The lowest BCUT2D eigenvalue weighted by Crippen LogP contribution is -2.13. The smallest absolute Gasteiger partial charge is 0.264 e. The highest BCUT2D eigenvalue weighted by atomic mass is 79.9. The number of nitrogens with zero attached hydrogens (tertiary/aromatic N) is 4. The molecule has 0 aliphatic carbocycles. The molecule has 0 saturated carbocycles. The molecule has 1 aromatic heterocycles. The van der Waals surface area contributed by atoms with Crippen LogP contribution in [0.4, 0.5) is 5.95 Å². The Morgan fingerprint density at radius 1 is 1.26 bits per heavy atom. The van der Waals surface area contributed by atoms with Crippen molar-refractivity contribution >= 4 is 39.9 Å². The molecule has 27 heavy (non-hydrogen) atoms. The molecule has 0 unspecified atom stereocenters. The van der Waals surface area contributed by atoms with Crippen molar-refractivity contribution in [3.05, 3.63) is 64.1 Å². The molecule has 9 heteroatoms. The monoisotopic (exact) mass is 446 g/mol. The fraction of sp³-hybridized carbons (Fsp3) is 0.167. The van der Waals surface area contributed by atoms with Crippen molar-refractivity contribution < 1.29 is 4.74 Å². The van der Waals surface area contributed by atoms with Gasteiger partial charge in [-0.1, -0.05) is 39.8 Å². The van der Waals surface area contributed by atoms with Gasteiger partial charge in [0.05, 0.1) is 12.8 Å².